The molecule has 2 atom stereocenters. The molecule has 124 valence electrons. The van der Waals surface area contributed by atoms with Crippen LogP contribution >= 0.6 is 0 Å². The Hall–Kier alpha value is -1.41. The van der Waals surface area contributed by atoms with Gasteiger partial charge in [0.05, 0.1) is 36.9 Å². The Morgan fingerprint density at radius 3 is 2.57 bits per heavy atom. The van der Waals surface area contributed by atoms with Crippen LogP contribution in [0.4, 0.5) is 0 Å². The molecule has 0 bridgehead atoms. The Bertz CT molecular complexity index is 560. The predicted molar refractivity (Wildman–Crippen MR) is 86.4 cm³/mol. The van der Waals surface area contributed by atoms with Gasteiger partial charge in [0, 0.05) is 6.42 Å². The van der Waals surface area contributed by atoms with Gasteiger partial charge in [-0.15, -0.1) is 0 Å². The molecule has 0 aromatic heterocycles. The summed E-state index contributed by atoms with van der Waals surface area (Å²) in [6.45, 7) is 4.96. The third kappa shape index (κ3) is 3.74. The van der Waals surface area contributed by atoms with Gasteiger partial charge in [0.1, 0.15) is 0 Å². The normalized spacial score (nSPS) is 26.2. The minimum absolute atomic E-state index is 0.00315. The molecule has 0 N–H and O–H groups in total. The zero-order valence-electron chi connectivity index (χ0n) is 14.0. The highest BCUT2D eigenvalue weighted by Crippen LogP contribution is 2.47. The van der Waals surface area contributed by atoms with E-state index in [0.29, 0.717) is 19.6 Å². The second kappa shape index (κ2) is 6.60. The molecule has 1 saturated heterocycles. The van der Waals surface area contributed by atoms with Crippen LogP contribution in [0.3, 0.4) is 0 Å². The van der Waals surface area contributed by atoms with Crippen molar-refractivity contribution in [2.75, 3.05) is 6.61 Å². The largest absolute Gasteiger partial charge is 0.372 e. The van der Waals surface area contributed by atoms with Gasteiger partial charge >= 0.3 is 0 Å². The molecule has 0 amide bonds. The molecule has 1 aromatic rings. The summed E-state index contributed by atoms with van der Waals surface area (Å²) in [7, 11) is 0. The van der Waals surface area contributed by atoms with E-state index in [9.17, 15) is 5.26 Å². The fourth-order valence-electron chi connectivity index (χ4n) is 3.41. The first kappa shape index (κ1) is 16.4. The van der Waals surface area contributed by atoms with Crippen molar-refractivity contribution in [3.8, 4) is 6.07 Å². The highest BCUT2D eigenvalue weighted by molar-refractivity contribution is 5.14. The van der Waals surface area contributed by atoms with E-state index >= 15 is 0 Å². The van der Waals surface area contributed by atoms with Crippen molar-refractivity contribution in [1.82, 2.24) is 0 Å². The summed E-state index contributed by atoms with van der Waals surface area (Å²) in [4.78, 5) is 0. The van der Waals surface area contributed by atoms with Gasteiger partial charge in [-0.1, -0.05) is 36.8 Å². The van der Waals surface area contributed by atoms with Crippen LogP contribution < -0.4 is 0 Å². The molecule has 1 aliphatic carbocycles. The fraction of sp³-hybridized carbons (Fsp3) is 0.632. The SMILES string of the molecule is CC1(C)OC[C@@H](CC(OCc2ccccc2)C2(C#N)CCC2)O1. The maximum atomic E-state index is 9.68. The molecule has 1 aromatic carbocycles. The van der Waals surface area contributed by atoms with Crippen molar-refractivity contribution in [1.29, 1.82) is 5.26 Å². The molecular formula is C19H25NO3. The summed E-state index contributed by atoms with van der Waals surface area (Å²) >= 11 is 0. The average Bonchev–Trinajstić information content (AvgIpc) is 2.84. The summed E-state index contributed by atoms with van der Waals surface area (Å²) in [6.07, 6.45) is 3.54. The summed E-state index contributed by atoms with van der Waals surface area (Å²) in [5.41, 5.74) is 0.777. The monoisotopic (exact) mass is 315 g/mol. The number of rotatable bonds is 6. The lowest BCUT2D eigenvalue weighted by Gasteiger charge is -2.42. The van der Waals surface area contributed by atoms with Crippen LogP contribution in [0.2, 0.25) is 0 Å². The van der Waals surface area contributed by atoms with Crippen LogP contribution in [0.1, 0.15) is 45.1 Å². The molecule has 1 aliphatic heterocycles. The number of hydrogen-bond donors (Lipinski definition) is 0. The molecule has 4 heteroatoms. The average molecular weight is 315 g/mol. The topological polar surface area (TPSA) is 51.5 Å². The van der Waals surface area contributed by atoms with E-state index in [1.54, 1.807) is 0 Å². The van der Waals surface area contributed by atoms with Gasteiger partial charge in [-0.05, 0) is 32.3 Å². The van der Waals surface area contributed by atoms with Crippen LogP contribution in [0.25, 0.3) is 0 Å². The van der Waals surface area contributed by atoms with Crippen LogP contribution in [-0.2, 0) is 20.8 Å². The zero-order chi connectivity index (χ0) is 16.3. The Kier molecular flexibility index (Phi) is 4.72. The lowest BCUT2D eigenvalue weighted by molar-refractivity contribution is -0.149. The maximum absolute atomic E-state index is 9.68. The molecule has 1 saturated carbocycles. The van der Waals surface area contributed by atoms with Crippen molar-refractivity contribution in [2.45, 2.75) is 64.1 Å². The van der Waals surface area contributed by atoms with Crippen molar-refractivity contribution in [2.24, 2.45) is 5.41 Å². The quantitative estimate of drug-likeness (QED) is 0.801. The van der Waals surface area contributed by atoms with Crippen LogP contribution in [-0.4, -0.2) is 24.6 Å². The smallest absolute Gasteiger partial charge is 0.163 e. The minimum Gasteiger partial charge on any atom is -0.372 e. The van der Waals surface area contributed by atoms with Crippen molar-refractivity contribution < 1.29 is 14.2 Å². The first-order valence-corrected chi connectivity index (χ1v) is 8.42. The lowest BCUT2D eigenvalue weighted by atomic mass is 9.65. The zero-order valence-corrected chi connectivity index (χ0v) is 14.0. The number of nitriles is 1. The van der Waals surface area contributed by atoms with Gasteiger partial charge < -0.3 is 14.2 Å². The molecule has 1 unspecified atom stereocenters. The standard InChI is InChI=1S/C19H25NO3/c1-18(2)22-13-16(23-18)11-17(19(14-20)9-6-10-19)21-12-15-7-4-3-5-8-15/h3-5,7-8,16-17H,6,9-13H2,1-2H3/t16-,17?/m1/s1. The Labute approximate surface area is 138 Å². The summed E-state index contributed by atoms with van der Waals surface area (Å²) in [6, 6.07) is 12.6. The van der Waals surface area contributed by atoms with E-state index < -0.39 is 5.79 Å². The number of nitrogens with zero attached hydrogens (tertiary/aromatic N) is 1. The Morgan fingerprint density at radius 1 is 1.30 bits per heavy atom. The third-order valence-electron chi connectivity index (χ3n) is 4.92. The summed E-state index contributed by atoms with van der Waals surface area (Å²) < 4.78 is 17.8. The molecule has 2 aliphatic rings. The van der Waals surface area contributed by atoms with E-state index in [1.807, 2.05) is 32.0 Å². The van der Waals surface area contributed by atoms with Crippen LogP contribution in [0.5, 0.6) is 0 Å². The van der Waals surface area contributed by atoms with E-state index in [-0.39, 0.29) is 17.6 Å². The fourth-order valence-corrected chi connectivity index (χ4v) is 3.41. The number of hydrogen-bond acceptors (Lipinski definition) is 4. The van der Waals surface area contributed by atoms with Crippen molar-refractivity contribution in [3.05, 3.63) is 35.9 Å². The molecular weight excluding hydrogens is 290 g/mol. The third-order valence-corrected chi connectivity index (χ3v) is 4.92. The van der Waals surface area contributed by atoms with Gasteiger partial charge in [-0.2, -0.15) is 5.26 Å². The highest BCUT2D eigenvalue weighted by Gasteiger charge is 2.47. The van der Waals surface area contributed by atoms with E-state index in [1.165, 1.54) is 0 Å². The minimum atomic E-state index is -0.534. The van der Waals surface area contributed by atoms with Gasteiger partial charge in [0.15, 0.2) is 5.79 Å². The number of benzene rings is 1. The molecule has 0 spiro atoms. The van der Waals surface area contributed by atoms with E-state index in [4.69, 9.17) is 14.2 Å². The van der Waals surface area contributed by atoms with Gasteiger partial charge in [0.25, 0.3) is 0 Å². The van der Waals surface area contributed by atoms with E-state index in [0.717, 1.165) is 24.8 Å². The van der Waals surface area contributed by atoms with Gasteiger partial charge in [-0.3, -0.25) is 0 Å². The molecule has 23 heavy (non-hydrogen) atoms. The molecule has 0 radical (unpaired) electrons. The van der Waals surface area contributed by atoms with Crippen molar-refractivity contribution >= 4 is 0 Å². The van der Waals surface area contributed by atoms with Crippen molar-refractivity contribution in [3.63, 3.8) is 0 Å². The second-order valence-electron chi connectivity index (χ2n) is 7.09. The van der Waals surface area contributed by atoms with Gasteiger partial charge in [0.2, 0.25) is 0 Å². The van der Waals surface area contributed by atoms with Crippen LogP contribution in [0, 0.1) is 16.7 Å². The van der Waals surface area contributed by atoms with E-state index in [2.05, 4.69) is 18.2 Å². The highest BCUT2D eigenvalue weighted by atomic mass is 16.7. The van der Waals surface area contributed by atoms with Crippen LogP contribution in [0.15, 0.2) is 30.3 Å². The Morgan fingerprint density at radius 2 is 2.04 bits per heavy atom. The summed E-state index contributed by atoms with van der Waals surface area (Å²) in [5.74, 6) is -0.534. The molecule has 4 nitrogen and oxygen atoms in total. The summed E-state index contributed by atoms with van der Waals surface area (Å²) in [5, 5.41) is 9.68. The molecule has 1 heterocycles. The Balaban J connectivity index is 1.66. The number of ether oxygens (including phenoxy) is 3. The second-order valence-corrected chi connectivity index (χ2v) is 7.09. The molecule has 2 fully saturated rings. The lowest BCUT2D eigenvalue weighted by Crippen LogP contribution is -2.44. The maximum Gasteiger partial charge on any atom is 0.163 e. The first-order chi connectivity index (χ1) is 11.0. The first-order valence-electron chi connectivity index (χ1n) is 8.42. The molecule has 3 rings (SSSR count). The van der Waals surface area contributed by atoms with Gasteiger partial charge in [-0.25, -0.2) is 0 Å². The predicted octanol–water partition coefficient (Wildman–Crippen LogP) is 3.81.